The third-order valence-electron chi connectivity index (χ3n) is 2.47. The molecule has 1 atom stereocenters. The van der Waals surface area contributed by atoms with E-state index >= 15 is 0 Å². The van der Waals surface area contributed by atoms with Crippen LogP contribution in [0, 0.1) is 0 Å². The molecule has 96 valence electrons. The first kappa shape index (κ1) is 14.5. The predicted molar refractivity (Wildman–Crippen MR) is 75.4 cm³/mol. The minimum Gasteiger partial charge on any atom is -0.493 e. The fourth-order valence-electron chi connectivity index (χ4n) is 1.57. The van der Waals surface area contributed by atoms with E-state index in [0.717, 1.165) is 28.8 Å². The molecule has 0 heterocycles. The molecular weight excluding hydrogens is 280 g/mol. The molecule has 0 radical (unpaired) electrons. The Morgan fingerprint density at radius 2 is 2.12 bits per heavy atom. The van der Waals surface area contributed by atoms with Crippen LogP contribution in [0.15, 0.2) is 22.7 Å². The first-order chi connectivity index (χ1) is 8.00. The van der Waals surface area contributed by atoms with E-state index < -0.39 is 0 Å². The van der Waals surface area contributed by atoms with Crippen molar-refractivity contribution in [2.45, 2.75) is 19.4 Å². The fourth-order valence-corrected chi connectivity index (χ4v) is 1.91. The smallest absolute Gasteiger partial charge is 0.125 e. The van der Waals surface area contributed by atoms with Crippen LogP contribution in [0.4, 0.5) is 0 Å². The third kappa shape index (κ3) is 5.06. The van der Waals surface area contributed by atoms with Gasteiger partial charge < -0.3 is 15.4 Å². The maximum absolute atomic E-state index is 5.91. The van der Waals surface area contributed by atoms with Gasteiger partial charge in [0.05, 0.1) is 6.61 Å². The molecule has 1 aromatic rings. The SMILES string of the molecule is CC(N)c1ccc(Br)cc1OCCCN(C)C. The highest BCUT2D eigenvalue weighted by molar-refractivity contribution is 9.10. The Morgan fingerprint density at radius 1 is 1.41 bits per heavy atom. The average Bonchev–Trinajstić information content (AvgIpc) is 2.23. The van der Waals surface area contributed by atoms with Crippen LogP contribution in [0.5, 0.6) is 5.75 Å². The molecule has 1 aromatic carbocycles. The van der Waals surface area contributed by atoms with Crippen molar-refractivity contribution >= 4 is 15.9 Å². The summed E-state index contributed by atoms with van der Waals surface area (Å²) in [6.07, 6.45) is 1.01. The molecule has 1 unspecified atom stereocenters. The van der Waals surface area contributed by atoms with Gasteiger partial charge in [0, 0.05) is 22.6 Å². The first-order valence-electron chi connectivity index (χ1n) is 5.83. The first-order valence-corrected chi connectivity index (χ1v) is 6.62. The lowest BCUT2D eigenvalue weighted by atomic mass is 10.1. The zero-order valence-electron chi connectivity index (χ0n) is 10.7. The van der Waals surface area contributed by atoms with Crippen LogP contribution in [0.25, 0.3) is 0 Å². The van der Waals surface area contributed by atoms with Gasteiger partial charge in [0.25, 0.3) is 0 Å². The highest BCUT2D eigenvalue weighted by atomic mass is 79.9. The van der Waals surface area contributed by atoms with Gasteiger partial charge in [0.2, 0.25) is 0 Å². The normalized spacial score (nSPS) is 12.8. The average molecular weight is 301 g/mol. The molecule has 0 aliphatic carbocycles. The molecule has 3 nitrogen and oxygen atoms in total. The van der Waals surface area contributed by atoms with E-state index in [9.17, 15) is 0 Å². The molecule has 4 heteroatoms. The Kier molecular flexibility index (Phi) is 5.95. The Labute approximate surface area is 112 Å². The van der Waals surface area contributed by atoms with Crippen molar-refractivity contribution in [2.24, 2.45) is 5.73 Å². The van der Waals surface area contributed by atoms with Crippen molar-refractivity contribution in [3.8, 4) is 5.75 Å². The molecule has 0 bridgehead atoms. The number of benzene rings is 1. The summed E-state index contributed by atoms with van der Waals surface area (Å²) in [4.78, 5) is 2.15. The number of hydrogen-bond acceptors (Lipinski definition) is 3. The maximum Gasteiger partial charge on any atom is 0.125 e. The minimum absolute atomic E-state index is 0.00745. The third-order valence-corrected chi connectivity index (χ3v) is 2.97. The van der Waals surface area contributed by atoms with E-state index in [-0.39, 0.29) is 6.04 Å². The summed E-state index contributed by atoms with van der Waals surface area (Å²) in [6.45, 7) is 3.71. The van der Waals surface area contributed by atoms with E-state index in [1.165, 1.54) is 0 Å². The largest absolute Gasteiger partial charge is 0.493 e. The monoisotopic (exact) mass is 300 g/mol. The van der Waals surface area contributed by atoms with E-state index in [2.05, 4.69) is 34.9 Å². The maximum atomic E-state index is 5.91. The van der Waals surface area contributed by atoms with E-state index in [1.807, 2.05) is 25.1 Å². The van der Waals surface area contributed by atoms with Crippen molar-refractivity contribution < 1.29 is 4.74 Å². The molecule has 2 N–H and O–H groups in total. The second-order valence-corrected chi connectivity index (χ2v) is 5.39. The van der Waals surface area contributed by atoms with Crippen LogP contribution < -0.4 is 10.5 Å². The number of halogens is 1. The highest BCUT2D eigenvalue weighted by Crippen LogP contribution is 2.27. The molecule has 0 aliphatic heterocycles. The summed E-state index contributed by atoms with van der Waals surface area (Å²) < 4.78 is 6.81. The van der Waals surface area contributed by atoms with Gasteiger partial charge >= 0.3 is 0 Å². The number of ether oxygens (including phenoxy) is 1. The summed E-state index contributed by atoms with van der Waals surface area (Å²) in [5.41, 5.74) is 6.97. The van der Waals surface area contributed by atoms with Crippen LogP contribution in [-0.4, -0.2) is 32.1 Å². The molecule has 17 heavy (non-hydrogen) atoms. The lowest BCUT2D eigenvalue weighted by Crippen LogP contribution is -2.16. The van der Waals surface area contributed by atoms with E-state index in [0.29, 0.717) is 6.61 Å². The second kappa shape index (κ2) is 6.99. The van der Waals surface area contributed by atoms with Crippen molar-refractivity contribution in [1.29, 1.82) is 0 Å². The summed E-state index contributed by atoms with van der Waals surface area (Å²) >= 11 is 3.45. The van der Waals surface area contributed by atoms with Crippen LogP contribution in [0.2, 0.25) is 0 Å². The minimum atomic E-state index is -0.00745. The zero-order valence-corrected chi connectivity index (χ0v) is 12.3. The topological polar surface area (TPSA) is 38.5 Å². The van der Waals surface area contributed by atoms with Crippen LogP contribution >= 0.6 is 15.9 Å². The fraction of sp³-hybridized carbons (Fsp3) is 0.538. The highest BCUT2D eigenvalue weighted by Gasteiger charge is 2.08. The zero-order chi connectivity index (χ0) is 12.8. The number of rotatable bonds is 6. The Bertz CT molecular complexity index is 353. The van der Waals surface area contributed by atoms with Crippen molar-refractivity contribution in [1.82, 2.24) is 4.90 Å². The van der Waals surface area contributed by atoms with Gasteiger partial charge in [-0.25, -0.2) is 0 Å². The summed E-state index contributed by atoms with van der Waals surface area (Å²) in [6, 6.07) is 5.97. The van der Waals surface area contributed by atoms with Crippen molar-refractivity contribution in [3.63, 3.8) is 0 Å². The summed E-state index contributed by atoms with van der Waals surface area (Å²) in [5.74, 6) is 0.883. The molecule has 1 rings (SSSR count). The van der Waals surface area contributed by atoms with Gasteiger partial charge in [0.1, 0.15) is 5.75 Å². The molecule has 0 aromatic heterocycles. The van der Waals surface area contributed by atoms with Gasteiger partial charge in [-0.2, -0.15) is 0 Å². The molecule has 0 aliphatic rings. The van der Waals surface area contributed by atoms with Gasteiger partial charge in [-0.15, -0.1) is 0 Å². The van der Waals surface area contributed by atoms with Crippen LogP contribution in [-0.2, 0) is 0 Å². The molecular formula is C13H21BrN2O. The lowest BCUT2D eigenvalue weighted by molar-refractivity contribution is 0.278. The standard InChI is InChI=1S/C13H21BrN2O/c1-10(15)12-6-5-11(14)9-13(12)17-8-4-7-16(2)3/h5-6,9-10H,4,7-8,15H2,1-3H3. The quantitative estimate of drug-likeness (QED) is 0.821. The van der Waals surface area contributed by atoms with Gasteiger partial charge in [0.15, 0.2) is 0 Å². The van der Waals surface area contributed by atoms with Crippen LogP contribution in [0.3, 0.4) is 0 Å². The van der Waals surface area contributed by atoms with Crippen molar-refractivity contribution in [3.05, 3.63) is 28.2 Å². The van der Waals surface area contributed by atoms with Gasteiger partial charge in [-0.1, -0.05) is 22.0 Å². The van der Waals surface area contributed by atoms with E-state index in [1.54, 1.807) is 0 Å². The van der Waals surface area contributed by atoms with Crippen molar-refractivity contribution in [2.75, 3.05) is 27.2 Å². The van der Waals surface area contributed by atoms with Crippen LogP contribution in [0.1, 0.15) is 24.9 Å². The Morgan fingerprint density at radius 3 is 2.71 bits per heavy atom. The number of nitrogens with two attached hydrogens (primary N) is 1. The number of hydrogen-bond donors (Lipinski definition) is 1. The summed E-state index contributed by atoms with van der Waals surface area (Å²) in [7, 11) is 4.12. The summed E-state index contributed by atoms with van der Waals surface area (Å²) in [5, 5.41) is 0. The molecule has 0 saturated heterocycles. The second-order valence-electron chi connectivity index (χ2n) is 4.48. The van der Waals surface area contributed by atoms with Gasteiger partial charge in [-0.05, 0) is 39.6 Å². The molecule has 0 saturated carbocycles. The molecule has 0 fully saturated rings. The Balaban J connectivity index is 2.59. The van der Waals surface area contributed by atoms with Gasteiger partial charge in [-0.3, -0.25) is 0 Å². The Hall–Kier alpha value is -0.580. The lowest BCUT2D eigenvalue weighted by Gasteiger charge is -2.15. The van der Waals surface area contributed by atoms with E-state index in [4.69, 9.17) is 10.5 Å². The predicted octanol–water partition coefficient (Wildman–Crippen LogP) is 2.80. The molecule has 0 amide bonds. The molecule has 0 spiro atoms. The number of nitrogens with zero attached hydrogens (tertiary/aromatic N) is 1.